The van der Waals surface area contributed by atoms with Crippen molar-refractivity contribution in [1.29, 1.82) is 0 Å². The first-order chi connectivity index (χ1) is 7.65. The number of carbonyl (C=O) groups is 1. The van der Waals surface area contributed by atoms with Gasteiger partial charge in [-0.3, -0.25) is 9.78 Å². The smallest absolute Gasteiger partial charge is 0.237 e. The number of nitrogens with one attached hydrogen (secondary N) is 1. The average Bonchev–Trinajstić information content (AvgIpc) is 2.35. The number of rotatable bonds is 5. The number of pyridine rings is 1. The van der Waals surface area contributed by atoms with Crippen LogP contribution in [0.15, 0.2) is 24.4 Å². The van der Waals surface area contributed by atoms with Crippen molar-refractivity contribution in [3.05, 3.63) is 30.1 Å². The average molecular weight is 221 g/mol. The van der Waals surface area contributed by atoms with Crippen molar-refractivity contribution in [2.75, 3.05) is 0 Å². The number of nitrogens with zero attached hydrogens (tertiary/aromatic N) is 1. The van der Waals surface area contributed by atoms with E-state index in [-0.39, 0.29) is 11.8 Å². The van der Waals surface area contributed by atoms with Crippen LogP contribution in [0.5, 0.6) is 0 Å². The Kier molecular flexibility index (Phi) is 4.92. The maximum absolute atomic E-state index is 11.7. The lowest BCUT2D eigenvalue weighted by Crippen LogP contribution is -2.44. The SMILES string of the molecule is CCC(C)[C@H](N)C(=O)NCc1ccccn1. The molecule has 1 amide bonds. The Hall–Kier alpha value is -1.42. The summed E-state index contributed by atoms with van der Waals surface area (Å²) in [5, 5.41) is 2.79. The molecule has 0 fully saturated rings. The summed E-state index contributed by atoms with van der Waals surface area (Å²) in [6.07, 6.45) is 2.61. The molecule has 0 radical (unpaired) electrons. The summed E-state index contributed by atoms with van der Waals surface area (Å²) in [4.78, 5) is 15.8. The van der Waals surface area contributed by atoms with E-state index in [4.69, 9.17) is 5.73 Å². The van der Waals surface area contributed by atoms with Crippen LogP contribution in [-0.2, 0) is 11.3 Å². The topological polar surface area (TPSA) is 68.0 Å². The quantitative estimate of drug-likeness (QED) is 0.781. The first kappa shape index (κ1) is 12.6. The third kappa shape index (κ3) is 3.62. The third-order valence-electron chi connectivity index (χ3n) is 2.73. The predicted molar refractivity (Wildman–Crippen MR) is 63.5 cm³/mol. The molecule has 0 aromatic carbocycles. The summed E-state index contributed by atoms with van der Waals surface area (Å²) in [5.41, 5.74) is 6.64. The molecule has 3 N–H and O–H groups in total. The van der Waals surface area contributed by atoms with Gasteiger partial charge in [0.1, 0.15) is 0 Å². The summed E-state index contributed by atoms with van der Waals surface area (Å²) in [7, 11) is 0. The molecule has 88 valence electrons. The Bertz CT molecular complexity index is 326. The van der Waals surface area contributed by atoms with Crippen LogP contribution in [0.1, 0.15) is 26.0 Å². The van der Waals surface area contributed by atoms with Crippen molar-refractivity contribution in [2.45, 2.75) is 32.9 Å². The minimum Gasteiger partial charge on any atom is -0.349 e. The van der Waals surface area contributed by atoms with E-state index in [2.05, 4.69) is 10.3 Å². The van der Waals surface area contributed by atoms with Crippen LogP contribution >= 0.6 is 0 Å². The summed E-state index contributed by atoms with van der Waals surface area (Å²) in [6.45, 7) is 4.44. The van der Waals surface area contributed by atoms with E-state index < -0.39 is 6.04 Å². The van der Waals surface area contributed by atoms with E-state index in [1.807, 2.05) is 32.0 Å². The fourth-order valence-electron chi connectivity index (χ4n) is 1.31. The van der Waals surface area contributed by atoms with Crippen LogP contribution in [-0.4, -0.2) is 16.9 Å². The first-order valence-electron chi connectivity index (χ1n) is 5.58. The van der Waals surface area contributed by atoms with Gasteiger partial charge in [-0.25, -0.2) is 0 Å². The van der Waals surface area contributed by atoms with Gasteiger partial charge >= 0.3 is 0 Å². The highest BCUT2D eigenvalue weighted by molar-refractivity contribution is 5.81. The van der Waals surface area contributed by atoms with Crippen molar-refractivity contribution in [3.63, 3.8) is 0 Å². The number of nitrogens with two attached hydrogens (primary N) is 1. The van der Waals surface area contributed by atoms with Crippen molar-refractivity contribution < 1.29 is 4.79 Å². The fourth-order valence-corrected chi connectivity index (χ4v) is 1.31. The molecule has 0 aliphatic rings. The van der Waals surface area contributed by atoms with Crippen LogP contribution < -0.4 is 11.1 Å². The monoisotopic (exact) mass is 221 g/mol. The normalized spacial score (nSPS) is 14.2. The maximum atomic E-state index is 11.7. The Morgan fingerprint density at radius 3 is 2.88 bits per heavy atom. The molecule has 1 aromatic rings. The van der Waals surface area contributed by atoms with Gasteiger partial charge in [-0.15, -0.1) is 0 Å². The predicted octanol–water partition coefficient (Wildman–Crippen LogP) is 1.07. The lowest BCUT2D eigenvalue weighted by atomic mass is 9.99. The van der Waals surface area contributed by atoms with Crippen molar-refractivity contribution in [1.82, 2.24) is 10.3 Å². The molecule has 4 nitrogen and oxygen atoms in total. The maximum Gasteiger partial charge on any atom is 0.237 e. The highest BCUT2D eigenvalue weighted by Crippen LogP contribution is 2.05. The molecule has 1 unspecified atom stereocenters. The van der Waals surface area contributed by atoms with E-state index in [1.165, 1.54) is 0 Å². The second kappa shape index (κ2) is 6.23. The highest BCUT2D eigenvalue weighted by Gasteiger charge is 2.18. The van der Waals surface area contributed by atoms with Gasteiger partial charge < -0.3 is 11.1 Å². The second-order valence-corrected chi connectivity index (χ2v) is 3.95. The number of hydrogen-bond donors (Lipinski definition) is 2. The van der Waals surface area contributed by atoms with Crippen molar-refractivity contribution >= 4 is 5.91 Å². The third-order valence-corrected chi connectivity index (χ3v) is 2.73. The summed E-state index contributed by atoms with van der Waals surface area (Å²) >= 11 is 0. The van der Waals surface area contributed by atoms with E-state index in [0.717, 1.165) is 12.1 Å². The molecule has 0 spiro atoms. The van der Waals surface area contributed by atoms with Crippen molar-refractivity contribution in [2.24, 2.45) is 11.7 Å². The summed E-state index contributed by atoms with van der Waals surface area (Å²) in [5.74, 6) is 0.0868. The van der Waals surface area contributed by atoms with Crippen LogP contribution in [0.3, 0.4) is 0 Å². The van der Waals surface area contributed by atoms with Gasteiger partial charge in [0.2, 0.25) is 5.91 Å². The molecule has 1 heterocycles. The van der Waals surface area contributed by atoms with E-state index >= 15 is 0 Å². The second-order valence-electron chi connectivity index (χ2n) is 3.95. The Labute approximate surface area is 96.3 Å². The Morgan fingerprint density at radius 2 is 2.31 bits per heavy atom. The molecule has 2 atom stereocenters. The van der Waals surface area contributed by atoms with Gasteiger partial charge in [0, 0.05) is 6.20 Å². The number of hydrogen-bond acceptors (Lipinski definition) is 3. The minimum atomic E-state index is -0.436. The zero-order valence-electron chi connectivity index (χ0n) is 9.81. The zero-order valence-corrected chi connectivity index (χ0v) is 9.81. The number of aromatic nitrogens is 1. The molecular weight excluding hydrogens is 202 g/mol. The zero-order chi connectivity index (χ0) is 12.0. The van der Waals surface area contributed by atoms with Crippen LogP contribution in [0, 0.1) is 5.92 Å². The molecule has 16 heavy (non-hydrogen) atoms. The molecule has 0 bridgehead atoms. The van der Waals surface area contributed by atoms with E-state index in [0.29, 0.717) is 6.54 Å². The fraction of sp³-hybridized carbons (Fsp3) is 0.500. The molecule has 4 heteroatoms. The van der Waals surface area contributed by atoms with Gasteiger partial charge in [0.15, 0.2) is 0 Å². The molecular formula is C12H19N3O. The van der Waals surface area contributed by atoms with Gasteiger partial charge in [-0.2, -0.15) is 0 Å². The summed E-state index contributed by atoms with van der Waals surface area (Å²) < 4.78 is 0. The standard InChI is InChI=1S/C12H19N3O/c1-3-9(2)11(13)12(16)15-8-10-6-4-5-7-14-10/h4-7,9,11H,3,8,13H2,1-2H3,(H,15,16)/t9?,11-/m0/s1. The highest BCUT2D eigenvalue weighted by atomic mass is 16.2. The van der Waals surface area contributed by atoms with Gasteiger partial charge in [0.25, 0.3) is 0 Å². The minimum absolute atomic E-state index is 0.111. The molecule has 0 aliphatic heterocycles. The molecule has 0 aliphatic carbocycles. The molecule has 1 rings (SSSR count). The molecule has 1 aromatic heterocycles. The van der Waals surface area contributed by atoms with Crippen LogP contribution in [0.4, 0.5) is 0 Å². The summed E-state index contributed by atoms with van der Waals surface area (Å²) in [6, 6.07) is 5.17. The largest absolute Gasteiger partial charge is 0.349 e. The Balaban J connectivity index is 2.41. The van der Waals surface area contributed by atoms with Gasteiger partial charge in [-0.1, -0.05) is 26.3 Å². The number of amides is 1. The number of carbonyl (C=O) groups excluding carboxylic acids is 1. The van der Waals surface area contributed by atoms with E-state index in [9.17, 15) is 4.79 Å². The van der Waals surface area contributed by atoms with Crippen molar-refractivity contribution in [3.8, 4) is 0 Å². The lowest BCUT2D eigenvalue weighted by molar-refractivity contribution is -0.123. The van der Waals surface area contributed by atoms with Gasteiger partial charge in [-0.05, 0) is 18.1 Å². The Morgan fingerprint density at radius 1 is 1.56 bits per heavy atom. The van der Waals surface area contributed by atoms with Gasteiger partial charge in [0.05, 0.1) is 18.3 Å². The molecule has 0 saturated carbocycles. The molecule has 0 saturated heterocycles. The van der Waals surface area contributed by atoms with Crippen LogP contribution in [0.2, 0.25) is 0 Å². The first-order valence-corrected chi connectivity index (χ1v) is 5.58. The lowest BCUT2D eigenvalue weighted by Gasteiger charge is -2.17. The van der Waals surface area contributed by atoms with E-state index in [1.54, 1.807) is 6.20 Å². The van der Waals surface area contributed by atoms with Crippen LogP contribution in [0.25, 0.3) is 0 Å².